The average molecular weight is 282 g/mol. The van der Waals surface area contributed by atoms with Crippen molar-refractivity contribution in [1.29, 1.82) is 0 Å². The predicted molar refractivity (Wildman–Crippen MR) is 73.3 cm³/mol. The van der Waals surface area contributed by atoms with Crippen LogP contribution in [0.4, 0.5) is 0 Å². The molecule has 0 heterocycles. The van der Waals surface area contributed by atoms with Gasteiger partial charge in [-0.3, -0.25) is 14.4 Å². The molecule has 0 bridgehead atoms. The third-order valence-corrected chi connectivity index (χ3v) is 4.03. The molecule has 20 heavy (non-hydrogen) atoms. The molecule has 0 saturated heterocycles. The van der Waals surface area contributed by atoms with Crippen LogP contribution in [0.15, 0.2) is 11.1 Å². The summed E-state index contributed by atoms with van der Waals surface area (Å²) in [6, 6.07) is 0. The lowest BCUT2D eigenvalue weighted by Gasteiger charge is -2.39. The summed E-state index contributed by atoms with van der Waals surface area (Å²) in [6.45, 7) is 5.80. The van der Waals surface area contributed by atoms with Crippen molar-refractivity contribution in [2.75, 3.05) is 0 Å². The van der Waals surface area contributed by atoms with Gasteiger partial charge in [-0.15, -0.1) is 0 Å². The van der Waals surface area contributed by atoms with E-state index >= 15 is 0 Å². The van der Waals surface area contributed by atoms with E-state index in [1.807, 2.05) is 20.8 Å². The Balaban J connectivity index is 2.94. The summed E-state index contributed by atoms with van der Waals surface area (Å²) in [4.78, 5) is 33.9. The van der Waals surface area contributed by atoms with Gasteiger partial charge in [0.2, 0.25) is 0 Å². The predicted octanol–water partition coefficient (Wildman–Crippen LogP) is 2.65. The standard InChI is InChI=1S/C15H22O5/c1-9-8-15(2,3)11(5-7-13(18)19)14(20)10(9)4-6-12(16)17/h11H,4-8H2,1-3H3,(H,16,17)(H,18,19). The fourth-order valence-electron chi connectivity index (χ4n) is 3.05. The molecule has 0 fully saturated rings. The molecule has 1 aliphatic carbocycles. The van der Waals surface area contributed by atoms with Crippen LogP contribution in [0.5, 0.6) is 0 Å². The number of carboxylic acids is 2. The molecule has 2 N–H and O–H groups in total. The molecule has 1 rings (SSSR count). The maximum atomic E-state index is 12.5. The number of ketones is 1. The minimum atomic E-state index is -0.926. The Labute approximate surface area is 118 Å². The number of carbonyl (C=O) groups excluding carboxylic acids is 1. The van der Waals surface area contributed by atoms with E-state index in [-0.39, 0.29) is 36.4 Å². The Morgan fingerprint density at radius 3 is 2.25 bits per heavy atom. The van der Waals surface area contributed by atoms with Gasteiger partial charge in [-0.1, -0.05) is 19.4 Å². The smallest absolute Gasteiger partial charge is 0.303 e. The molecule has 5 nitrogen and oxygen atoms in total. The fourth-order valence-corrected chi connectivity index (χ4v) is 3.05. The van der Waals surface area contributed by atoms with Crippen molar-refractivity contribution in [3.05, 3.63) is 11.1 Å². The molecule has 1 aliphatic rings. The van der Waals surface area contributed by atoms with E-state index < -0.39 is 11.9 Å². The first-order valence-corrected chi connectivity index (χ1v) is 6.81. The van der Waals surface area contributed by atoms with Crippen molar-refractivity contribution >= 4 is 17.7 Å². The Bertz CT molecular complexity index is 459. The highest BCUT2D eigenvalue weighted by Gasteiger charge is 2.40. The highest BCUT2D eigenvalue weighted by atomic mass is 16.4. The summed E-state index contributed by atoms with van der Waals surface area (Å²) in [5.41, 5.74) is 1.25. The van der Waals surface area contributed by atoms with E-state index in [4.69, 9.17) is 10.2 Å². The zero-order chi connectivity index (χ0) is 15.5. The van der Waals surface area contributed by atoms with Crippen molar-refractivity contribution in [2.24, 2.45) is 11.3 Å². The summed E-state index contributed by atoms with van der Waals surface area (Å²) < 4.78 is 0. The minimum Gasteiger partial charge on any atom is -0.481 e. The van der Waals surface area contributed by atoms with Crippen LogP contribution in [0, 0.1) is 11.3 Å². The molecule has 0 spiro atoms. The van der Waals surface area contributed by atoms with Gasteiger partial charge in [0.25, 0.3) is 0 Å². The van der Waals surface area contributed by atoms with Gasteiger partial charge in [0.1, 0.15) is 0 Å². The number of allylic oxidation sites excluding steroid dienone is 2. The number of carboxylic acid groups (broad SMARTS) is 2. The van der Waals surface area contributed by atoms with Gasteiger partial charge in [-0.2, -0.15) is 0 Å². The molecular formula is C15H22O5. The molecular weight excluding hydrogens is 260 g/mol. The summed E-state index contributed by atoms with van der Waals surface area (Å²) in [5.74, 6) is -2.25. The third-order valence-electron chi connectivity index (χ3n) is 4.03. The maximum absolute atomic E-state index is 12.5. The van der Waals surface area contributed by atoms with Crippen LogP contribution in [-0.4, -0.2) is 27.9 Å². The fraction of sp³-hybridized carbons (Fsp3) is 0.667. The summed E-state index contributed by atoms with van der Waals surface area (Å²) in [5, 5.41) is 17.5. The first kappa shape index (κ1) is 16.4. The van der Waals surface area contributed by atoms with E-state index in [2.05, 4.69) is 0 Å². The van der Waals surface area contributed by atoms with E-state index in [9.17, 15) is 14.4 Å². The van der Waals surface area contributed by atoms with Gasteiger partial charge in [-0.25, -0.2) is 0 Å². The molecule has 0 radical (unpaired) electrons. The molecule has 1 unspecified atom stereocenters. The van der Waals surface area contributed by atoms with Crippen LogP contribution in [0.1, 0.15) is 52.9 Å². The normalized spacial score (nSPS) is 21.9. The van der Waals surface area contributed by atoms with Gasteiger partial charge in [-0.05, 0) is 37.2 Å². The number of rotatable bonds is 6. The van der Waals surface area contributed by atoms with Gasteiger partial charge < -0.3 is 10.2 Å². The number of carbonyl (C=O) groups is 3. The van der Waals surface area contributed by atoms with Gasteiger partial charge in [0.15, 0.2) is 5.78 Å². The number of hydrogen-bond donors (Lipinski definition) is 2. The van der Waals surface area contributed by atoms with Crippen molar-refractivity contribution in [3.63, 3.8) is 0 Å². The van der Waals surface area contributed by atoms with E-state index in [1.165, 1.54) is 0 Å². The lowest BCUT2D eigenvalue weighted by Crippen LogP contribution is -2.37. The maximum Gasteiger partial charge on any atom is 0.303 e. The van der Waals surface area contributed by atoms with Gasteiger partial charge in [0, 0.05) is 18.8 Å². The summed E-state index contributed by atoms with van der Waals surface area (Å²) in [6.07, 6.45) is 1.15. The first-order valence-electron chi connectivity index (χ1n) is 6.81. The molecule has 0 saturated carbocycles. The Hall–Kier alpha value is -1.65. The van der Waals surface area contributed by atoms with Gasteiger partial charge in [0.05, 0.1) is 0 Å². The first-order chi connectivity index (χ1) is 9.15. The lowest BCUT2D eigenvalue weighted by atomic mass is 9.64. The third kappa shape index (κ3) is 3.92. The molecule has 1 atom stereocenters. The Kier molecular flexibility index (Phi) is 5.09. The molecule has 0 aromatic carbocycles. The number of aliphatic carboxylic acids is 2. The second-order valence-electron chi connectivity index (χ2n) is 6.17. The van der Waals surface area contributed by atoms with Crippen molar-refractivity contribution in [3.8, 4) is 0 Å². The second kappa shape index (κ2) is 6.20. The molecule has 0 amide bonds. The molecule has 5 heteroatoms. The minimum absolute atomic E-state index is 0.0366. The zero-order valence-corrected chi connectivity index (χ0v) is 12.2. The number of Topliss-reactive ketones (excluding diaryl/α,β-unsaturated/α-hetero) is 1. The van der Waals surface area contributed by atoms with Crippen LogP contribution >= 0.6 is 0 Å². The highest BCUT2D eigenvalue weighted by molar-refractivity contribution is 5.99. The molecule has 0 aliphatic heterocycles. The van der Waals surface area contributed by atoms with Crippen LogP contribution in [0.3, 0.4) is 0 Å². The topological polar surface area (TPSA) is 91.7 Å². The van der Waals surface area contributed by atoms with Crippen molar-refractivity contribution in [1.82, 2.24) is 0 Å². The van der Waals surface area contributed by atoms with Crippen molar-refractivity contribution in [2.45, 2.75) is 52.9 Å². The van der Waals surface area contributed by atoms with Crippen LogP contribution in [0.2, 0.25) is 0 Å². The SMILES string of the molecule is CC1=C(CCC(=O)O)C(=O)C(CCC(=O)O)C(C)(C)C1. The van der Waals surface area contributed by atoms with Crippen LogP contribution in [0.25, 0.3) is 0 Å². The van der Waals surface area contributed by atoms with E-state index in [0.29, 0.717) is 18.4 Å². The zero-order valence-electron chi connectivity index (χ0n) is 12.2. The summed E-state index contributed by atoms with van der Waals surface area (Å²) >= 11 is 0. The average Bonchev–Trinajstić information content (AvgIpc) is 2.25. The van der Waals surface area contributed by atoms with Crippen molar-refractivity contribution < 1.29 is 24.6 Å². The van der Waals surface area contributed by atoms with E-state index in [0.717, 1.165) is 5.57 Å². The largest absolute Gasteiger partial charge is 0.481 e. The van der Waals surface area contributed by atoms with Crippen LogP contribution in [-0.2, 0) is 14.4 Å². The number of hydrogen-bond acceptors (Lipinski definition) is 3. The molecule has 112 valence electrons. The summed E-state index contributed by atoms with van der Waals surface area (Å²) in [7, 11) is 0. The molecule has 0 aromatic heterocycles. The monoisotopic (exact) mass is 282 g/mol. The van der Waals surface area contributed by atoms with Gasteiger partial charge >= 0.3 is 11.9 Å². The Morgan fingerprint density at radius 1 is 1.20 bits per heavy atom. The second-order valence-corrected chi connectivity index (χ2v) is 6.17. The highest BCUT2D eigenvalue weighted by Crippen LogP contribution is 2.44. The molecule has 0 aromatic rings. The van der Waals surface area contributed by atoms with E-state index in [1.54, 1.807) is 0 Å². The van der Waals surface area contributed by atoms with Crippen LogP contribution < -0.4 is 0 Å². The lowest BCUT2D eigenvalue weighted by molar-refractivity contribution is -0.138. The quantitative estimate of drug-likeness (QED) is 0.781. The Morgan fingerprint density at radius 2 is 1.75 bits per heavy atom.